The summed E-state index contributed by atoms with van der Waals surface area (Å²) < 4.78 is 5.76. The highest BCUT2D eigenvalue weighted by atomic mass is 35.5. The van der Waals surface area contributed by atoms with Crippen LogP contribution in [0.2, 0.25) is 5.02 Å². The molecule has 0 unspecified atom stereocenters. The first-order valence-corrected chi connectivity index (χ1v) is 8.68. The molecule has 0 radical (unpaired) electrons. The van der Waals surface area contributed by atoms with E-state index in [1.807, 2.05) is 50.2 Å². The van der Waals surface area contributed by atoms with Crippen LogP contribution in [-0.2, 0) is 17.6 Å². The maximum atomic E-state index is 12.6. The summed E-state index contributed by atoms with van der Waals surface area (Å²) in [6.07, 6.45) is 0.989. The van der Waals surface area contributed by atoms with Gasteiger partial charge in [0.1, 0.15) is 5.75 Å². The van der Waals surface area contributed by atoms with E-state index in [0.29, 0.717) is 10.8 Å². The molecule has 0 bridgehead atoms. The van der Waals surface area contributed by atoms with E-state index in [1.54, 1.807) is 6.92 Å². The van der Waals surface area contributed by atoms with Crippen LogP contribution in [0.25, 0.3) is 0 Å². The zero-order chi connectivity index (χ0) is 17.7. The molecule has 0 aliphatic heterocycles. The van der Waals surface area contributed by atoms with Crippen molar-refractivity contribution in [2.45, 2.75) is 46.6 Å². The first kappa shape index (κ1) is 18.3. The summed E-state index contributed by atoms with van der Waals surface area (Å²) in [6.45, 7) is 7.83. The predicted molar refractivity (Wildman–Crippen MR) is 100 cm³/mol. The number of carbonyl (C=O) groups excluding carboxylic acids is 1. The van der Waals surface area contributed by atoms with Crippen LogP contribution in [-0.4, -0.2) is 12.0 Å². The lowest BCUT2D eigenvalue weighted by Gasteiger charge is -2.19. The normalized spacial score (nSPS) is 11.9. The molecule has 0 saturated heterocycles. The van der Waals surface area contributed by atoms with Crippen LogP contribution in [0, 0.1) is 6.92 Å². The minimum absolute atomic E-state index is 0.178. The number of halogens is 1. The van der Waals surface area contributed by atoms with E-state index in [2.05, 4.69) is 12.2 Å². The van der Waals surface area contributed by atoms with Crippen LogP contribution in [0.3, 0.4) is 0 Å². The van der Waals surface area contributed by atoms with Gasteiger partial charge in [0, 0.05) is 10.7 Å². The first-order valence-electron chi connectivity index (χ1n) is 8.30. The van der Waals surface area contributed by atoms with Crippen LogP contribution in [0.1, 0.15) is 37.5 Å². The third-order valence-corrected chi connectivity index (χ3v) is 4.35. The van der Waals surface area contributed by atoms with Crippen molar-refractivity contribution in [3.63, 3.8) is 0 Å². The zero-order valence-electron chi connectivity index (χ0n) is 14.7. The molecular weight excluding hydrogens is 322 g/mol. The minimum atomic E-state index is -0.597. The van der Waals surface area contributed by atoms with E-state index in [-0.39, 0.29) is 5.91 Å². The van der Waals surface area contributed by atoms with Crippen LogP contribution in [0.15, 0.2) is 36.4 Å². The van der Waals surface area contributed by atoms with Gasteiger partial charge in [0.15, 0.2) is 6.10 Å². The standard InChI is InChI=1S/C20H24ClNO2/c1-5-15-10-11-18(21)17(6-2)19(15)22-20(23)14(4)24-16-9-7-8-13(3)12-16/h7-12,14H,5-6H2,1-4H3,(H,22,23)/t14-/m0/s1. The summed E-state index contributed by atoms with van der Waals surface area (Å²) in [6, 6.07) is 11.5. The molecule has 0 fully saturated rings. The summed E-state index contributed by atoms with van der Waals surface area (Å²) in [5, 5.41) is 3.69. The van der Waals surface area contributed by atoms with Gasteiger partial charge >= 0.3 is 0 Å². The summed E-state index contributed by atoms with van der Waals surface area (Å²) in [7, 11) is 0. The highest BCUT2D eigenvalue weighted by Gasteiger charge is 2.19. The third-order valence-electron chi connectivity index (χ3n) is 4.00. The summed E-state index contributed by atoms with van der Waals surface area (Å²) in [5.41, 5.74) is 3.95. The molecule has 4 heteroatoms. The summed E-state index contributed by atoms with van der Waals surface area (Å²) in [4.78, 5) is 12.6. The van der Waals surface area contributed by atoms with Gasteiger partial charge in [-0.25, -0.2) is 0 Å². The number of amides is 1. The molecule has 3 nitrogen and oxygen atoms in total. The third kappa shape index (κ3) is 4.30. The van der Waals surface area contributed by atoms with E-state index in [1.165, 1.54) is 0 Å². The fraction of sp³-hybridized carbons (Fsp3) is 0.350. The van der Waals surface area contributed by atoms with Crippen molar-refractivity contribution in [3.05, 3.63) is 58.1 Å². The van der Waals surface area contributed by atoms with Crippen molar-refractivity contribution in [1.82, 2.24) is 0 Å². The molecular formula is C20H24ClNO2. The van der Waals surface area contributed by atoms with Crippen LogP contribution in [0.4, 0.5) is 5.69 Å². The molecule has 1 amide bonds. The molecule has 2 rings (SSSR count). The number of ether oxygens (including phenoxy) is 1. The maximum Gasteiger partial charge on any atom is 0.265 e. The number of aryl methyl sites for hydroxylation is 2. The van der Waals surface area contributed by atoms with Crippen LogP contribution >= 0.6 is 11.6 Å². The molecule has 1 atom stereocenters. The van der Waals surface area contributed by atoms with Crippen LogP contribution in [0.5, 0.6) is 5.75 Å². The Morgan fingerprint density at radius 1 is 1.21 bits per heavy atom. The Morgan fingerprint density at radius 2 is 1.96 bits per heavy atom. The lowest BCUT2D eigenvalue weighted by atomic mass is 10.0. The smallest absolute Gasteiger partial charge is 0.265 e. The average Bonchev–Trinajstić information content (AvgIpc) is 2.55. The maximum absolute atomic E-state index is 12.6. The Morgan fingerprint density at radius 3 is 2.58 bits per heavy atom. The van der Waals surface area contributed by atoms with Gasteiger partial charge in [-0.2, -0.15) is 0 Å². The molecule has 1 N–H and O–H groups in total. The van der Waals surface area contributed by atoms with E-state index < -0.39 is 6.10 Å². The molecule has 0 saturated carbocycles. The molecule has 2 aromatic rings. The van der Waals surface area contributed by atoms with Gasteiger partial charge in [-0.15, -0.1) is 0 Å². The van der Waals surface area contributed by atoms with E-state index in [4.69, 9.17) is 16.3 Å². The van der Waals surface area contributed by atoms with Crippen molar-refractivity contribution in [3.8, 4) is 5.75 Å². The average molecular weight is 346 g/mol. The molecule has 128 valence electrons. The van der Waals surface area contributed by atoms with Crippen LogP contribution < -0.4 is 10.1 Å². The number of nitrogens with one attached hydrogen (secondary N) is 1. The van der Waals surface area contributed by atoms with Crippen molar-refractivity contribution < 1.29 is 9.53 Å². The Bertz CT molecular complexity index is 728. The van der Waals surface area contributed by atoms with Gasteiger partial charge in [0.25, 0.3) is 5.91 Å². The van der Waals surface area contributed by atoms with Crippen molar-refractivity contribution in [2.24, 2.45) is 0 Å². The largest absolute Gasteiger partial charge is 0.481 e. The molecule has 24 heavy (non-hydrogen) atoms. The van der Waals surface area contributed by atoms with Gasteiger partial charge in [0.2, 0.25) is 0 Å². The number of anilines is 1. The van der Waals surface area contributed by atoms with Crippen molar-refractivity contribution in [2.75, 3.05) is 5.32 Å². The minimum Gasteiger partial charge on any atom is -0.481 e. The van der Waals surface area contributed by atoms with E-state index in [0.717, 1.165) is 35.2 Å². The fourth-order valence-corrected chi connectivity index (χ4v) is 2.93. The highest BCUT2D eigenvalue weighted by Crippen LogP contribution is 2.29. The lowest BCUT2D eigenvalue weighted by molar-refractivity contribution is -0.122. The number of rotatable bonds is 6. The topological polar surface area (TPSA) is 38.3 Å². The molecule has 0 aliphatic rings. The quantitative estimate of drug-likeness (QED) is 0.783. The Hall–Kier alpha value is -2.00. The zero-order valence-corrected chi connectivity index (χ0v) is 15.4. The summed E-state index contributed by atoms with van der Waals surface area (Å²) >= 11 is 6.29. The van der Waals surface area contributed by atoms with Gasteiger partial charge in [-0.05, 0) is 61.6 Å². The molecule has 0 aromatic heterocycles. The van der Waals surface area contributed by atoms with Gasteiger partial charge in [0.05, 0.1) is 0 Å². The second-order valence-corrected chi connectivity index (χ2v) is 6.24. The Labute approximate surface area is 149 Å². The highest BCUT2D eigenvalue weighted by molar-refractivity contribution is 6.32. The lowest BCUT2D eigenvalue weighted by Crippen LogP contribution is -2.31. The van der Waals surface area contributed by atoms with Crippen molar-refractivity contribution >= 4 is 23.2 Å². The fourth-order valence-electron chi connectivity index (χ4n) is 2.64. The number of hydrogen-bond acceptors (Lipinski definition) is 2. The first-order chi connectivity index (χ1) is 11.5. The van der Waals surface area contributed by atoms with Crippen molar-refractivity contribution in [1.29, 1.82) is 0 Å². The number of benzene rings is 2. The van der Waals surface area contributed by atoms with Gasteiger partial charge < -0.3 is 10.1 Å². The van der Waals surface area contributed by atoms with E-state index in [9.17, 15) is 4.79 Å². The SMILES string of the molecule is CCc1ccc(Cl)c(CC)c1NC(=O)[C@H](C)Oc1cccc(C)c1. The summed E-state index contributed by atoms with van der Waals surface area (Å²) in [5.74, 6) is 0.512. The predicted octanol–water partition coefficient (Wildman–Crippen LogP) is 5.18. The molecule has 0 spiro atoms. The number of hydrogen-bond donors (Lipinski definition) is 1. The molecule has 0 heterocycles. The van der Waals surface area contributed by atoms with Gasteiger partial charge in [-0.1, -0.05) is 43.6 Å². The number of carbonyl (C=O) groups is 1. The van der Waals surface area contributed by atoms with Gasteiger partial charge in [-0.3, -0.25) is 4.79 Å². The second-order valence-electron chi connectivity index (χ2n) is 5.83. The Balaban J connectivity index is 2.18. The van der Waals surface area contributed by atoms with E-state index >= 15 is 0 Å². The molecule has 0 aliphatic carbocycles. The Kier molecular flexibility index (Phi) is 6.27. The molecule has 2 aromatic carbocycles. The second kappa shape index (κ2) is 8.20. The monoisotopic (exact) mass is 345 g/mol.